The molecule has 1 N–H and O–H groups in total. The standard InChI is InChI=1S/C16H17BrN2O2S/c1-2-13(15(20)19-16-18-9-14(17)22-16)21-12-7-6-10-4-3-5-11(10)8-12/h6-9,13H,2-5H2,1H3,(H,18,19,20)/t13-/m1/s1. The van der Waals surface area contributed by atoms with Gasteiger partial charge in [-0.2, -0.15) is 0 Å². The van der Waals surface area contributed by atoms with Crippen molar-refractivity contribution in [2.75, 3.05) is 5.32 Å². The monoisotopic (exact) mass is 380 g/mol. The second kappa shape index (κ2) is 6.79. The zero-order valence-corrected chi connectivity index (χ0v) is 14.7. The van der Waals surface area contributed by atoms with Crippen molar-refractivity contribution in [1.82, 2.24) is 4.98 Å². The second-order valence-electron chi connectivity index (χ2n) is 5.26. The van der Waals surface area contributed by atoms with Crippen molar-refractivity contribution < 1.29 is 9.53 Å². The first kappa shape index (κ1) is 15.5. The van der Waals surface area contributed by atoms with Gasteiger partial charge < -0.3 is 4.74 Å². The number of anilines is 1. The summed E-state index contributed by atoms with van der Waals surface area (Å²) in [6.45, 7) is 1.94. The van der Waals surface area contributed by atoms with Crippen LogP contribution >= 0.6 is 27.3 Å². The summed E-state index contributed by atoms with van der Waals surface area (Å²) in [7, 11) is 0. The number of halogens is 1. The van der Waals surface area contributed by atoms with Crippen LogP contribution in [-0.2, 0) is 17.6 Å². The number of amides is 1. The van der Waals surface area contributed by atoms with E-state index in [1.807, 2.05) is 13.0 Å². The summed E-state index contributed by atoms with van der Waals surface area (Å²) in [6, 6.07) is 6.14. The quantitative estimate of drug-likeness (QED) is 0.845. The van der Waals surface area contributed by atoms with Crippen molar-refractivity contribution in [2.45, 2.75) is 38.7 Å². The molecule has 4 nitrogen and oxygen atoms in total. The van der Waals surface area contributed by atoms with Crippen molar-refractivity contribution in [2.24, 2.45) is 0 Å². The maximum atomic E-state index is 12.3. The minimum absolute atomic E-state index is 0.162. The number of ether oxygens (including phenoxy) is 1. The van der Waals surface area contributed by atoms with Crippen LogP contribution in [0.2, 0.25) is 0 Å². The molecule has 6 heteroatoms. The number of fused-ring (bicyclic) bond motifs is 1. The van der Waals surface area contributed by atoms with Gasteiger partial charge in [-0.3, -0.25) is 10.1 Å². The predicted molar refractivity (Wildman–Crippen MR) is 91.6 cm³/mol. The lowest BCUT2D eigenvalue weighted by Crippen LogP contribution is -2.32. The Bertz CT molecular complexity index is 687. The minimum atomic E-state index is -0.512. The molecule has 1 aromatic carbocycles. The van der Waals surface area contributed by atoms with E-state index in [1.165, 1.54) is 28.9 Å². The van der Waals surface area contributed by atoms with Crippen LogP contribution in [0.1, 0.15) is 30.9 Å². The van der Waals surface area contributed by atoms with Gasteiger partial charge in [-0.15, -0.1) is 0 Å². The van der Waals surface area contributed by atoms with Gasteiger partial charge >= 0.3 is 0 Å². The Kier molecular flexibility index (Phi) is 4.78. The molecule has 0 fully saturated rings. The van der Waals surface area contributed by atoms with Crippen LogP contribution in [0.4, 0.5) is 5.13 Å². The molecule has 0 saturated carbocycles. The molecule has 0 bridgehead atoms. The fraction of sp³-hybridized carbons (Fsp3) is 0.375. The SMILES string of the molecule is CC[C@@H](Oc1ccc2c(c1)CCC2)C(=O)Nc1ncc(Br)s1. The van der Waals surface area contributed by atoms with Crippen molar-refractivity contribution in [3.63, 3.8) is 0 Å². The van der Waals surface area contributed by atoms with Crippen molar-refractivity contribution in [1.29, 1.82) is 0 Å². The number of nitrogens with zero attached hydrogens (tertiary/aromatic N) is 1. The van der Waals surface area contributed by atoms with Crippen LogP contribution in [0.3, 0.4) is 0 Å². The molecule has 1 aliphatic carbocycles. The molecule has 1 atom stereocenters. The van der Waals surface area contributed by atoms with E-state index in [4.69, 9.17) is 4.74 Å². The van der Waals surface area contributed by atoms with Crippen LogP contribution in [0.5, 0.6) is 5.75 Å². The third kappa shape index (κ3) is 3.50. The van der Waals surface area contributed by atoms with Gasteiger partial charge in [0.15, 0.2) is 11.2 Å². The van der Waals surface area contributed by atoms with Crippen LogP contribution in [0.25, 0.3) is 0 Å². The molecule has 0 radical (unpaired) electrons. The maximum absolute atomic E-state index is 12.3. The number of hydrogen-bond donors (Lipinski definition) is 1. The first-order valence-corrected chi connectivity index (χ1v) is 8.97. The van der Waals surface area contributed by atoms with Crippen LogP contribution < -0.4 is 10.1 Å². The van der Waals surface area contributed by atoms with E-state index in [0.717, 1.165) is 22.4 Å². The molecule has 0 saturated heterocycles. The lowest BCUT2D eigenvalue weighted by molar-refractivity contribution is -0.122. The van der Waals surface area contributed by atoms with Crippen molar-refractivity contribution in [3.8, 4) is 5.75 Å². The molecule has 2 aromatic rings. The van der Waals surface area contributed by atoms with E-state index in [-0.39, 0.29) is 5.91 Å². The Morgan fingerprint density at radius 2 is 2.27 bits per heavy atom. The highest BCUT2D eigenvalue weighted by Gasteiger charge is 2.20. The van der Waals surface area contributed by atoms with Gasteiger partial charge in [0.25, 0.3) is 5.91 Å². The number of carbonyl (C=O) groups is 1. The Balaban J connectivity index is 1.67. The average Bonchev–Trinajstić information content (AvgIpc) is 3.12. The zero-order chi connectivity index (χ0) is 15.5. The number of carbonyl (C=O) groups excluding carboxylic acids is 1. The van der Waals surface area contributed by atoms with E-state index < -0.39 is 6.10 Å². The Morgan fingerprint density at radius 3 is 3.00 bits per heavy atom. The average molecular weight is 381 g/mol. The molecule has 22 heavy (non-hydrogen) atoms. The summed E-state index contributed by atoms with van der Waals surface area (Å²) in [5.74, 6) is 0.604. The van der Waals surface area contributed by atoms with Gasteiger partial charge in [-0.05, 0) is 64.9 Å². The molecule has 0 unspecified atom stereocenters. The lowest BCUT2D eigenvalue weighted by Gasteiger charge is -2.17. The highest BCUT2D eigenvalue weighted by atomic mass is 79.9. The molecule has 0 aliphatic heterocycles. The molecule has 116 valence electrons. The number of nitrogens with one attached hydrogen (secondary N) is 1. The Morgan fingerprint density at radius 1 is 1.45 bits per heavy atom. The molecule has 0 spiro atoms. The van der Waals surface area contributed by atoms with E-state index in [0.29, 0.717) is 11.6 Å². The van der Waals surface area contributed by atoms with E-state index >= 15 is 0 Å². The summed E-state index contributed by atoms with van der Waals surface area (Å²) in [4.78, 5) is 16.4. The van der Waals surface area contributed by atoms with Gasteiger partial charge in [0.05, 0.1) is 9.98 Å². The largest absolute Gasteiger partial charge is 0.481 e. The van der Waals surface area contributed by atoms with Gasteiger partial charge in [-0.25, -0.2) is 4.98 Å². The lowest BCUT2D eigenvalue weighted by atomic mass is 10.1. The number of benzene rings is 1. The van der Waals surface area contributed by atoms with E-state index in [2.05, 4.69) is 38.4 Å². The first-order valence-electron chi connectivity index (χ1n) is 7.36. The van der Waals surface area contributed by atoms with Crippen molar-refractivity contribution >= 4 is 38.3 Å². The van der Waals surface area contributed by atoms with Crippen LogP contribution in [-0.4, -0.2) is 17.0 Å². The van der Waals surface area contributed by atoms with Gasteiger partial charge in [-0.1, -0.05) is 24.3 Å². The summed E-state index contributed by atoms with van der Waals surface area (Å²) < 4.78 is 6.77. The number of hydrogen-bond acceptors (Lipinski definition) is 4. The number of thiazole rings is 1. The normalized spacial score (nSPS) is 14.5. The first-order chi connectivity index (χ1) is 10.7. The minimum Gasteiger partial charge on any atom is -0.481 e. The molecule has 1 aromatic heterocycles. The fourth-order valence-electron chi connectivity index (χ4n) is 2.61. The molecular formula is C16H17BrN2O2S. The predicted octanol–water partition coefficient (Wildman–Crippen LogP) is 4.19. The van der Waals surface area contributed by atoms with E-state index in [9.17, 15) is 4.79 Å². The smallest absolute Gasteiger partial charge is 0.267 e. The van der Waals surface area contributed by atoms with Crippen LogP contribution in [0.15, 0.2) is 28.2 Å². The zero-order valence-electron chi connectivity index (χ0n) is 12.3. The number of aromatic nitrogens is 1. The second-order valence-corrected chi connectivity index (χ2v) is 7.67. The number of rotatable bonds is 5. The molecule has 1 heterocycles. The third-order valence-electron chi connectivity index (χ3n) is 3.72. The van der Waals surface area contributed by atoms with Gasteiger partial charge in [0.1, 0.15) is 5.75 Å². The van der Waals surface area contributed by atoms with Gasteiger partial charge in [0, 0.05) is 0 Å². The fourth-order valence-corrected chi connectivity index (χ4v) is 3.72. The van der Waals surface area contributed by atoms with E-state index in [1.54, 1.807) is 6.20 Å². The molecule has 3 rings (SSSR count). The molecular weight excluding hydrogens is 364 g/mol. The molecule has 1 amide bonds. The topological polar surface area (TPSA) is 51.2 Å². The summed E-state index contributed by atoms with van der Waals surface area (Å²) >= 11 is 4.72. The summed E-state index contributed by atoms with van der Waals surface area (Å²) in [6.07, 6.45) is 5.21. The highest BCUT2D eigenvalue weighted by molar-refractivity contribution is 9.11. The van der Waals surface area contributed by atoms with Gasteiger partial charge in [0.2, 0.25) is 0 Å². The summed E-state index contributed by atoms with van der Waals surface area (Å²) in [5, 5.41) is 3.38. The third-order valence-corrected chi connectivity index (χ3v) is 5.11. The van der Waals surface area contributed by atoms with Crippen molar-refractivity contribution in [3.05, 3.63) is 39.3 Å². The van der Waals surface area contributed by atoms with Crippen LogP contribution in [0, 0.1) is 0 Å². The molecule has 1 aliphatic rings. The number of aryl methyl sites for hydroxylation is 2. The maximum Gasteiger partial charge on any atom is 0.267 e. The highest BCUT2D eigenvalue weighted by Crippen LogP contribution is 2.27. The Labute approximate surface area is 142 Å². The summed E-state index contributed by atoms with van der Waals surface area (Å²) in [5.41, 5.74) is 2.74. The Hall–Kier alpha value is -1.40.